The Morgan fingerprint density at radius 1 is 1.29 bits per heavy atom. The molecule has 1 aromatic rings. The number of nitrogens with one attached hydrogen (secondary N) is 1. The zero-order chi connectivity index (χ0) is 12.5. The van der Waals surface area contributed by atoms with Crippen LogP contribution in [0.25, 0.3) is 0 Å². The van der Waals surface area contributed by atoms with Gasteiger partial charge in [0.1, 0.15) is 5.76 Å². The molecule has 0 saturated carbocycles. The van der Waals surface area contributed by atoms with Gasteiger partial charge in [0.15, 0.2) is 0 Å². The lowest BCUT2D eigenvalue weighted by Gasteiger charge is -2.46. The van der Waals surface area contributed by atoms with Gasteiger partial charge < -0.3 is 9.73 Å². The molecule has 17 heavy (non-hydrogen) atoms. The van der Waals surface area contributed by atoms with Crippen LogP contribution in [0.3, 0.4) is 0 Å². The molecule has 0 radical (unpaired) electrons. The summed E-state index contributed by atoms with van der Waals surface area (Å²) in [5.74, 6) is 1.05. The minimum atomic E-state index is 0.146. The van der Waals surface area contributed by atoms with Gasteiger partial charge in [0, 0.05) is 17.6 Å². The van der Waals surface area contributed by atoms with Gasteiger partial charge in [-0.15, -0.1) is 0 Å². The molecule has 3 nitrogen and oxygen atoms in total. The van der Waals surface area contributed by atoms with Gasteiger partial charge in [-0.05, 0) is 52.8 Å². The fourth-order valence-corrected chi connectivity index (χ4v) is 2.82. The second-order valence-electron chi connectivity index (χ2n) is 6.22. The standard InChI is InChI=1S/C14H24N2O/c1-13(2)7-8-15-11-14(3,4)16(13)10-12-6-5-9-17-12/h5-6,9,15H,7-8,10-11H2,1-4H3. The minimum absolute atomic E-state index is 0.146. The molecular formula is C14H24N2O. The maximum Gasteiger partial charge on any atom is 0.117 e. The Balaban J connectivity index is 2.23. The van der Waals surface area contributed by atoms with Gasteiger partial charge in [-0.3, -0.25) is 4.90 Å². The van der Waals surface area contributed by atoms with Gasteiger partial charge >= 0.3 is 0 Å². The fraction of sp³-hybridized carbons (Fsp3) is 0.714. The lowest BCUT2D eigenvalue weighted by molar-refractivity contribution is 0.0133. The van der Waals surface area contributed by atoms with Gasteiger partial charge in [0.2, 0.25) is 0 Å². The van der Waals surface area contributed by atoms with Crippen LogP contribution in [0, 0.1) is 0 Å². The summed E-state index contributed by atoms with van der Waals surface area (Å²) < 4.78 is 5.50. The largest absolute Gasteiger partial charge is 0.468 e. The Morgan fingerprint density at radius 3 is 2.71 bits per heavy atom. The van der Waals surface area contributed by atoms with Crippen LogP contribution in [-0.4, -0.2) is 29.1 Å². The second kappa shape index (κ2) is 4.46. The van der Waals surface area contributed by atoms with Crippen molar-refractivity contribution in [3.63, 3.8) is 0 Å². The lowest BCUT2D eigenvalue weighted by atomic mass is 9.92. The molecule has 0 aliphatic carbocycles. The van der Waals surface area contributed by atoms with Crippen LogP contribution < -0.4 is 5.32 Å². The van der Waals surface area contributed by atoms with Crippen molar-refractivity contribution in [2.24, 2.45) is 0 Å². The summed E-state index contributed by atoms with van der Waals surface area (Å²) >= 11 is 0. The third-order valence-corrected chi connectivity index (χ3v) is 3.83. The van der Waals surface area contributed by atoms with Crippen LogP contribution in [0.15, 0.2) is 22.8 Å². The Morgan fingerprint density at radius 2 is 2.06 bits per heavy atom. The minimum Gasteiger partial charge on any atom is -0.468 e. The highest BCUT2D eigenvalue weighted by atomic mass is 16.3. The van der Waals surface area contributed by atoms with Crippen LogP contribution in [-0.2, 0) is 6.54 Å². The predicted molar refractivity (Wildman–Crippen MR) is 69.9 cm³/mol. The van der Waals surface area contributed by atoms with Crippen molar-refractivity contribution in [3.05, 3.63) is 24.2 Å². The highest BCUT2D eigenvalue weighted by Crippen LogP contribution is 2.31. The van der Waals surface area contributed by atoms with Crippen LogP contribution >= 0.6 is 0 Å². The summed E-state index contributed by atoms with van der Waals surface area (Å²) in [5, 5.41) is 3.53. The summed E-state index contributed by atoms with van der Waals surface area (Å²) in [6.45, 7) is 12.2. The second-order valence-corrected chi connectivity index (χ2v) is 6.22. The van der Waals surface area contributed by atoms with Gasteiger partial charge in [0.25, 0.3) is 0 Å². The zero-order valence-electron chi connectivity index (χ0n) is 11.4. The van der Waals surface area contributed by atoms with Gasteiger partial charge in [-0.1, -0.05) is 0 Å². The lowest BCUT2D eigenvalue weighted by Crippen LogP contribution is -2.56. The summed E-state index contributed by atoms with van der Waals surface area (Å²) in [4.78, 5) is 2.55. The van der Waals surface area contributed by atoms with E-state index in [9.17, 15) is 0 Å². The molecule has 1 fully saturated rings. The smallest absolute Gasteiger partial charge is 0.117 e. The van der Waals surface area contributed by atoms with E-state index in [4.69, 9.17) is 4.42 Å². The highest BCUT2D eigenvalue weighted by molar-refractivity contribution is 5.03. The van der Waals surface area contributed by atoms with E-state index in [1.807, 2.05) is 6.07 Å². The third kappa shape index (κ3) is 2.72. The summed E-state index contributed by atoms with van der Waals surface area (Å²) in [5.41, 5.74) is 0.340. The van der Waals surface area contributed by atoms with Gasteiger partial charge in [-0.2, -0.15) is 0 Å². The molecule has 1 N–H and O–H groups in total. The van der Waals surface area contributed by atoms with Crippen molar-refractivity contribution in [2.45, 2.75) is 51.7 Å². The van der Waals surface area contributed by atoms with Crippen LogP contribution in [0.2, 0.25) is 0 Å². The SMILES string of the molecule is CC1(C)CCNCC(C)(C)N1Cc1ccco1. The first kappa shape index (κ1) is 12.7. The Labute approximate surface area is 104 Å². The summed E-state index contributed by atoms with van der Waals surface area (Å²) in [6.07, 6.45) is 2.92. The number of rotatable bonds is 2. The monoisotopic (exact) mass is 236 g/mol. The number of nitrogens with zero attached hydrogens (tertiary/aromatic N) is 1. The summed E-state index contributed by atoms with van der Waals surface area (Å²) in [7, 11) is 0. The van der Waals surface area contributed by atoms with Crippen molar-refractivity contribution < 1.29 is 4.42 Å². The average molecular weight is 236 g/mol. The van der Waals surface area contributed by atoms with Crippen molar-refractivity contribution in [2.75, 3.05) is 13.1 Å². The molecule has 0 atom stereocenters. The molecule has 1 saturated heterocycles. The first-order chi connectivity index (χ1) is 7.92. The molecule has 0 unspecified atom stereocenters. The molecule has 3 heteroatoms. The van der Waals surface area contributed by atoms with E-state index in [-0.39, 0.29) is 11.1 Å². The zero-order valence-corrected chi connectivity index (χ0v) is 11.4. The van der Waals surface area contributed by atoms with E-state index in [0.717, 1.165) is 31.8 Å². The first-order valence-electron chi connectivity index (χ1n) is 6.43. The van der Waals surface area contributed by atoms with Crippen molar-refractivity contribution >= 4 is 0 Å². The molecule has 96 valence electrons. The number of furan rings is 1. The highest BCUT2D eigenvalue weighted by Gasteiger charge is 2.39. The van der Waals surface area contributed by atoms with Crippen LogP contribution in [0.1, 0.15) is 39.9 Å². The summed E-state index contributed by atoms with van der Waals surface area (Å²) in [6, 6.07) is 4.02. The topological polar surface area (TPSA) is 28.4 Å². The normalized spacial score (nSPS) is 24.5. The van der Waals surface area contributed by atoms with Crippen molar-refractivity contribution in [1.82, 2.24) is 10.2 Å². The van der Waals surface area contributed by atoms with E-state index in [0.29, 0.717) is 0 Å². The maximum absolute atomic E-state index is 5.50. The van der Waals surface area contributed by atoms with E-state index in [1.54, 1.807) is 6.26 Å². The maximum atomic E-state index is 5.50. The van der Waals surface area contributed by atoms with Crippen LogP contribution in [0.5, 0.6) is 0 Å². The molecular weight excluding hydrogens is 212 g/mol. The van der Waals surface area contributed by atoms with Crippen LogP contribution in [0.4, 0.5) is 0 Å². The first-order valence-corrected chi connectivity index (χ1v) is 6.43. The Bertz CT molecular complexity index is 336. The van der Waals surface area contributed by atoms with Crippen molar-refractivity contribution in [3.8, 4) is 0 Å². The molecule has 1 aliphatic heterocycles. The van der Waals surface area contributed by atoms with E-state index < -0.39 is 0 Å². The molecule has 0 aromatic carbocycles. The Hall–Kier alpha value is -0.800. The average Bonchev–Trinajstić information content (AvgIpc) is 2.70. The number of hydrogen-bond acceptors (Lipinski definition) is 3. The fourth-order valence-electron chi connectivity index (χ4n) is 2.82. The van der Waals surface area contributed by atoms with E-state index >= 15 is 0 Å². The molecule has 2 heterocycles. The third-order valence-electron chi connectivity index (χ3n) is 3.83. The van der Waals surface area contributed by atoms with E-state index in [1.165, 1.54) is 0 Å². The Kier molecular flexibility index (Phi) is 3.32. The molecule has 0 bridgehead atoms. The quantitative estimate of drug-likeness (QED) is 0.855. The van der Waals surface area contributed by atoms with Gasteiger partial charge in [0.05, 0.1) is 12.8 Å². The molecule has 1 aliphatic rings. The number of hydrogen-bond donors (Lipinski definition) is 1. The predicted octanol–water partition coefficient (Wildman–Crippen LogP) is 2.63. The molecule has 0 amide bonds. The van der Waals surface area contributed by atoms with Crippen molar-refractivity contribution in [1.29, 1.82) is 0 Å². The molecule has 2 rings (SSSR count). The molecule has 0 spiro atoms. The molecule has 1 aromatic heterocycles. The van der Waals surface area contributed by atoms with Gasteiger partial charge in [-0.25, -0.2) is 0 Å². The van der Waals surface area contributed by atoms with E-state index in [2.05, 4.69) is 44.0 Å².